The average molecular weight is 282 g/mol. The highest BCUT2D eigenvalue weighted by molar-refractivity contribution is 6.30. The highest BCUT2D eigenvalue weighted by Crippen LogP contribution is 2.28. The molecule has 19 heavy (non-hydrogen) atoms. The molecule has 106 valence electrons. The van der Waals surface area contributed by atoms with E-state index in [1.807, 2.05) is 6.92 Å². The van der Waals surface area contributed by atoms with Crippen LogP contribution in [0.1, 0.15) is 45.7 Å². The number of rotatable bonds is 5. The van der Waals surface area contributed by atoms with Crippen molar-refractivity contribution in [1.82, 2.24) is 5.32 Å². The van der Waals surface area contributed by atoms with Crippen molar-refractivity contribution in [2.75, 3.05) is 6.54 Å². The maximum Gasteiger partial charge on any atom is 0.120 e. The van der Waals surface area contributed by atoms with Gasteiger partial charge < -0.3 is 10.4 Å². The van der Waals surface area contributed by atoms with Gasteiger partial charge in [-0.1, -0.05) is 44.5 Å². The highest BCUT2D eigenvalue weighted by atomic mass is 35.5. The van der Waals surface area contributed by atoms with E-state index in [4.69, 9.17) is 11.6 Å². The third kappa shape index (κ3) is 5.66. The summed E-state index contributed by atoms with van der Waals surface area (Å²) in [6.45, 7) is 13.4. The Balaban J connectivity index is 2.58. The fourth-order valence-electron chi connectivity index (χ4n) is 2.09. The lowest BCUT2D eigenvalue weighted by atomic mass is 9.88. The van der Waals surface area contributed by atoms with Gasteiger partial charge in [-0.05, 0) is 37.0 Å². The van der Waals surface area contributed by atoms with Crippen LogP contribution in [0, 0.1) is 5.41 Å². The first kappa shape index (κ1) is 16.1. The molecule has 0 saturated carbocycles. The molecule has 2 nitrogen and oxygen atoms in total. The number of aromatic hydroxyl groups is 1. The van der Waals surface area contributed by atoms with Gasteiger partial charge in [0, 0.05) is 23.2 Å². The van der Waals surface area contributed by atoms with Crippen LogP contribution in [0.3, 0.4) is 0 Å². The maximum atomic E-state index is 9.84. The molecule has 0 radical (unpaired) electrons. The molecule has 0 spiro atoms. The largest absolute Gasteiger partial charge is 0.508 e. The lowest BCUT2D eigenvalue weighted by Gasteiger charge is -2.22. The Morgan fingerprint density at radius 1 is 1.42 bits per heavy atom. The molecule has 0 aliphatic heterocycles. The molecular formula is C16H24ClNO. The predicted molar refractivity (Wildman–Crippen MR) is 82.7 cm³/mol. The zero-order valence-corrected chi connectivity index (χ0v) is 13.0. The first-order valence-corrected chi connectivity index (χ1v) is 6.95. The summed E-state index contributed by atoms with van der Waals surface area (Å²) in [5, 5.41) is 13.8. The molecule has 1 unspecified atom stereocenters. The molecule has 0 saturated heterocycles. The summed E-state index contributed by atoms with van der Waals surface area (Å²) in [7, 11) is 0. The van der Waals surface area contributed by atoms with E-state index in [0.29, 0.717) is 5.02 Å². The van der Waals surface area contributed by atoms with Gasteiger partial charge in [0.15, 0.2) is 0 Å². The van der Waals surface area contributed by atoms with Crippen LogP contribution in [0.2, 0.25) is 5.02 Å². The van der Waals surface area contributed by atoms with Gasteiger partial charge in [0.2, 0.25) is 0 Å². The van der Waals surface area contributed by atoms with Crippen molar-refractivity contribution in [3.8, 4) is 5.75 Å². The van der Waals surface area contributed by atoms with Crippen molar-refractivity contribution in [2.45, 2.75) is 40.2 Å². The van der Waals surface area contributed by atoms with E-state index in [9.17, 15) is 5.11 Å². The molecule has 0 aliphatic carbocycles. The van der Waals surface area contributed by atoms with Gasteiger partial charge in [0.1, 0.15) is 5.75 Å². The Labute approximate surface area is 121 Å². The van der Waals surface area contributed by atoms with Gasteiger partial charge >= 0.3 is 0 Å². The Kier molecular flexibility index (Phi) is 5.45. The van der Waals surface area contributed by atoms with Crippen LogP contribution in [0.25, 0.3) is 0 Å². The third-order valence-corrected chi connectivity index (χ3v) is 3.13. The standard InChI is InChI=1S/C16H24ClNO/c1-11(9-16(3,4)5)10-18-12(2)14-8-13(17)6-7-15(14)19/h6-8,12,18-19H,1,9-10H2,2-5H3. The van der Waals surface area contributed by atoms with E-state index in [1.165, 1.54) is 5.57 Å². The van der Waals surface area contributed by atoms with Crippen LogP contribution >= 0.6 is 11.6 Å². The number of benzene rings is 1. The SMILES string of the molecule is C=C(CNC(C)c1cc(Cl)ccc1O)CC(C)(C)C. The van der Waals surface area contributed by atoms with E-state index in [1.54, 1.807) is 18.2 Å². The van der Waals surface area contributed by atoms with Crippen molar-refractivity contribution >= 4 is 11.6 Å². The number of hydrogen-bond donors (Lipinski definition) is 2. The number of phenols is 1. The quantitative estimate of drug-likeness (QED) is 0.768. The molecule has 3 heteroatoms. The fraction of sp³-hybridized carbons (Fsp3) is 0.500. The van der Waals surface area contributed by atoms with Gasteiger partial charge in [-0.3, -0.25) is 0 Å². The Morgan fingerprint density at radius 3 is 2.63 bits per heavy atom. The summed E-state index contributed by atoms with van der Waals surface area (Å²) in [6, 6.07) is 5.14. The molecule has 1 atom stereocenters. The topological polar surface area (TPSA) is 32.3 Å². The summed E-state index contributed by atoms with van der Waals surface area (Å²) in [4.78, 5) is 0. The first-order chi connectivity index (χ1) is 8.69. The summed E-state index contributed by atoms with van der Waals surface area (Å²) < 4.78 is 0. The normalized spacial score (nSPS) is 13.3. The lowest BCUT2D eigenvalue weighted by molar-refractivity contribution is 0.401. The number of nitrogens with one attached hydrogen (secondary N) is 1. The van der Waals surface area contributed by atoms with Crippen molar-refractivity contribution in [1.29, 1.82) is 0 Å². The summed E-state index contributed by atoms with van der Waals surface area (Å²) in [5.74, 6) is 0.269. The van der Waals surface area contributed by atoms with E-state index >= 15 is 0 Å². The van der Waals surface area contributed by atoms with E-state index < -0.39 is 0 Å². The molecule has 0 heterocycles. The van der Waals surface area contributed by atoms with Crippen LogP contribution < -0.4 is 5.32 Å². The van der Waals surface area contributed by atoms with E-state index in [2.05, 4.69) is 32.7 Å². The number of phenolic OH excluding ortho intramolecular Hbond substituents is 1. The minimum absolute atomic E-state index is 0.0374. The molecule has 0 aliphatic rings. The molecule has 0 aromatic heterocycles. The Bertz CT molecular complexity index is 449. The molecule has 0 bridgehead atoms. The molecule has 1 aromatic carbocycles. The molecule has 2 N–H and O–H groups in total. The second kappa shape index (κ2) is 6.44. The van der Waals surface area contributed by atoms with Gasteiger partial charge in [-0.15, -0.1) is 0 Å². The lowest BCUT2D eigenvalue weighted by Crippen LogP contribution is -2.22. The highest BCUT2D eigenvalue weighted by Gasteiger charge is 2.14. The van der Waals surface area contributed by atoms with Crippen LogP contribution in [-0.2, 0) is 0 Å². The number of halogens is 1. The van der Waals surface area contributed by atoms with Gasteiger partial charge in [0.25, 0.3) is 0 Å². The minimum atomic E-state index is 0.0374. The van der Waals surface area contributed by atoms with Gasteiger partial charge in [-0.2, -0.15) is 0 Å². The molecule has 0 fully saturated rings. The summed E-state index contributed by atoms with van der Waals surface area (Å²) in [5.41, 5.74) is 2.23. The molecular weight excluding hydrogens is 258 g/mol. The smallest absolute Gasteiger partial charge is 0.120 e. The predicted octanol–water partition coefficient (Wildman–Crippen LogP) is 4.69. The van der Waals surface area contributed by atoms with Crippen molar-refractivity contribution < 1.29 is 5.11 Å². The zero-order chi connectivity index (χ0) is 14.6. The zero-order valence-electron chi connectivity index (χ0n) is 12.3. The molecule has 1 aromatic rings. The first-order valence-electron chi connectivity index (χ1n) is 6.57. The van der Waals surface area contributed by atoms with Gasteiger partial charge in [0.05, 0.1) is 0 Å². The monoisotopic (exact) mass is 281 g/mol. The van der Waals surface area contributed by atoms with Crippen LogP contribution in [0.5, 0.6) is 5.75 Å². The molecule has 0 amide bonds. The summed E-state index contributed by atoms with van der Waals surface area (Å²) >= 11 is 5.95. The summed E-state index contributed by atoms with van der Waals surface area (Å²) in [6.07, 6.45) is 0.980. The van der Waals surface area contributed by atoms with Gasteiger partial charge in [-0.25, -0.2) is 0 Å². The van der Waals surface area contributed by atoms with Crippen molar-refractivity contribution in [2.24, 2.45) is 5.41 Å². The Hall–Kier alpha value is -0.990. The average Bonchev–Trinajstić information content (AvgIpc) is 2.27. The molecule has 1 rings (SSSR count). The van der Waals surface area contributed by atoms with E-state index in [0.717, 1.165) is 18.5 Å². The maximum absolute atomic E-state index is 9.84. The fourth-order valence-corrected chi connectivity index (χ4v) is 2.27. The minimum Gasteiger partial charge on any atom is -0.508 e. The van der Waals surface area contributed by atoms with Crippen molar-refractivity contribution in [3.63, 3.8) is 0 Å². The van der Waals surface area contributed by atoms with Crippen LogP contribution in [-0.4, -0.2) is 11.7 Å². The second-order valence-corrected chi connectivity index (χ2v) is 6.73. The number of hydrogen-bond acceptors (Lipinski definition) is 2. The second-order valence-electron chi connectivity index (χ2n) is 6.29. The van der Waals surface area contributed by atoms with Crippen LogP contribution in [0.4, 0.5) is 0 Å². The van der Waals surface area contributed by atoms with E-state index in [-0.39, 0.29) is 17.2 Å². The Morgan fingerprint density at radius 2 is 2.05 bits per heavy atom. The van der Waals surface area contributed by atoms with Crippen LogP contribution in [0.15, 0.2) is 30.4 Å². The van der Waals surface area contributed by atoms with Crippen molar-refractivity contribution in [3.05, 3.63) is 40.9 Å². The third-order valence-electron chi connectivity index (χ3n) is 2.89.